The maximum atomic E-state index is 12.3. The summed E-state index contributed by atoms with van der Waals surface area (Å²) in [5.74, 6) is 1.11. The van der Waals surface area contributed by atoms with Gasteiger partial charge in [0.05, 0.1) is 23.7 Å². The largest absolute Gasteiger partial charge is 0.493 e. The number of imidazole rings is 1. The number of carbonyl (C=O) groups excluding carboxylic acids is 1. The Morgan fingerprint density at radius 2 is 1.89 bits per heavy atom. The van der Waals surface area contributed by atoms with E-state index >= 15 is 0 Å². The van der Waals surface area contributed by atoms with Crippen LogP contribution in [0.25, 0.3) is 22.7 Å². The predicted octanol–water partition coefficient (Wildman–Crippen LogP) is 5.58. The molecule has 0 aliphatic rings. The minimum atomic E-state index is -0.274. The number of fused-ring (bicyclic) bond motifs is 1. The molecule has 4 aromatic rings. The highest BCUT2D eigenvalue weighted by molar-refractivity contribution is 5.92. The first kappa shape index (κ1) is 23.6. The van der Waals surface area contributed by atoms with Crippen LogP contribution in [0, 0.1) is 32.1 Å². The number of carbonyl (C=O) groups is 1. The Bertz CT molecular complexity index is 1440. The molecule has 3 aromatic carbocycles. The summed E-state index contributed by atoms with van der Waals surface area (Å²) in [7, 11) is 1.53. The first-order valence-electron chi connectivity index (χ1n) is 11.1. The highest BCUT2D eigenvalue weighted by Crippen LogP contribution is 2.30. The zero-order chi connectivity index (χ0) is 24.9. The topological polar surface area (TPSA) is 100 Å². The number of H-pyrrole nitrogens is 1. The maximum absolute atomic E-state index is 12.3. The number of aromatic nitrogens is 2. The molecule has 4 rings (SSSR count). The van der Waals surface area contributed by atoms with Gasteiger partial charge in [-0.05, 0) is 85.5 Å². The molecule has 0 radical (unpaired) electrons. The third kappa shape index (κ3) is 5.50. The highest BCUT2D eigenvalue weighted by Gasteiger charge is 2.12. The number of aryl methyl sites for hydroxylation is 3. The molecule has 0 fully saturated rings. The molecular formula is C28H26N4O3. The van der Waals surface area contributed by atoms with E-state index in [1.807, 2.05) is 57.2 Å². The number of aromatic amines is 1. The lowest BCUT2D eigenvalue weighted by Crippen LogP contribution is -2.20. The molecule has 0 spiro atoms. The number of nitrogens with one attached hydrogen (secondary N) is 2. The second-order valence-corrected chi connectivity index (χ2v) is 8.33. The van der Waals surface area contributed by atoms with E-state index in [4.69, 9.17) is 9.47 Å². The van der Waals surface area contributed by atoms with Crippen LogP contribution >= 0.6 is 0 Å². The number of rotatable bonds is 7. The van der Waals surface area contributed by atoms with Gasteiger partial charge in [0.25, 0.3) is 5.91 Å². The number of anilines is 1. The van der Waals surface area contributed by atoms with Crippen LogP contribution < -0.4 is 14.8 Å². The summed E-state index contributed by atoms with van der Waals surface area (Å²) >= 11 is 0. The monoisotopic (exact) mass is 466 g/mol. The van der Waals surface area contributed by atoms with Crippen LogP contribution in [0.3, 0.4) is 0 Å². The second-order valence-electron chi connectivity index (χ2n) is 8.33. The van der Waals surface area contributed by atoms with Gasteiger partial charge in [0, 0.05) is 5.69 Å². The maximum Gasteiger partial charge on any atom is 0.262 e. The van der Waals surface area contributed by atoms with E-state index in [0.717, 1.165) is 33.3 Å². The molecule has 0 aliphatic heterocycles. The van der Waals surface area contributed by atoms with E-state index < -0.39 is 0 Å². The number of methoxy groups -OCH3 is 1. The van der Waals surface area contributed by atoms with Crippen molar-refractivity contribution in [2.24, 2.45) is 0 Å². The first-order valence-corrected chi connectivity index (χ1v) is 11.1. The van der Waals surface area contributed by atoms with E-state index in [1.54, 1.807) is 24.3 Å². The van der Waals surface area contributed by atoms with Crippen LogP contribution in [0.15, 0.2) is 54.6 Å². The van der Waals surface area contributed by atoms with Crippen LogP contribution in [0.2, 0.25) is 0 Å². The number of ether oxygens (including phenoxy) is 2. The molecule has 0 saturated carbocycles. The molecule has 0 bridgehead atoms. The quantitative estimate of drug-likeness (QED) is 0.347. The van der Waals surface area contributed by atoms with Gasteiger partial charge < -0.3 is 19.8 Å². The fourth-order valence-electron chi connectivity index (χ4n) is 3.67. The van der Waals surface area contributed by atoms with Crippen molar-refractivity contribution in [2.45, 2.75) is 20.8 Å². The zero-order valence-electron chi connectivity index (χ0n) is 20.1. The molecule has 0 saturated heterocycles. The Labute approximate surface area is 204 Å². The van der Waals surface area contributed by atoms with Crippen LogP contribution in [-0.2, 0) is 4.79 Å². The Hall–Kier alpha value is -4.57. The smallest absolute Gasteiger partial charge is 0.262 e. The van der Waals surface area contributed by atoms with Gasteiger partial charge in [-0.15, -0.1) is 0 Å². The van der Waals surface area contributed by atoms with E-state index in [-0.39, 0.29) is 12.5 Å². The fourth-order valence-corrected chi connectivity index (χ4v) is 3.67. The third-order valence-corrected chi connectivity index (χ3v) is 5.63. The van der Waals surface area contributed by atoms with E-state index in [9.17, 15) is 10.1 Å². The van der Waals surface area contributed by atoms with Crippen molar-refractivity contribution >= 4 is 34.3 Å². The lowest BCUT2D eigenvalue weighted by atomic mass is 10.1. The Morgan fingerprint density at radius 1 is 1.09 bits per heavy atom. The minimum absolute atomic E-state index is 0.166. The zero-order valence-corrected chi connectivity index (χ0v) is 20.1. The number of nitriles is 1. The van der Waals surface area contributed by atoms with Crippen molar-refractivity contribution in [3.8, 4) is 17.6 Å². The number of nitrogens with zero attached hydrogens (tertiary/aromatic N) is 2. The third-order valence-electron chi connectivity index (χ3n) is 5.63. The number of allylic oxidation sites excluding steroid dienone is 1. The van der Waals surface area contributed by atoms with Crippen molar-refractivity contribution in [1.29, 1.82) is 5.26 Å². The van der Waals surface area contributed by atoms with Crippen molar-refractivity contribution in [3.05, 3.63) is 82.7 Å². The molecule has 35 heavy (non-hydrogen) atoms. The Kier molecular flexibility index (Phi) is 6.83. The highest BCUT2D eigenvalue weighted by atomic mass is 16.5. The van der Waals surface area contributed by atoms with Crippen LogP contribution in [0.1, 0.15) is 28.1 Å². The summed E-state index contributed by atoms with van der Waals surface area (Å²) in [5.41, 5.74) is 6.90. The molecule has 1 aromatic heterocycles. The predicted molar refractivity (Wildman–Crippen MR) is 137 cm³/mol. The van der Waals surface area contributed by atoms with Gasteiger partial charge in [-0.25, -0.2) is 4.98 Å². The number of hydrogen-bond donors (Lipinski definition) is 2. The normalized spacial score (nSPS) is 11.2. The summed E-state index contributed by atoms with van der Waals surface area (Å²) in [6, 6.07) is 19.1. The van der Waals surface area contributed by atoms with E-state index in [0.29, 0.717) is 28.6 Å². The molecule has 7 heteroatoms. The SMILES string of the molecule is COc1cc(/C=C(\C#N)c2nc3cc(C)c(C)cc3[nH]2)ccc1OCC(=O)Nc1cccc(C)c1. The molecule has 0 unspecified atom stereocenters. The second kappa shape index (κ2) is 10.1. The van der Waals surface area contributed by atoms with Gasteiger partial charge in [-0.3, -0.25) is 4.79 Å². The fraction of sp³-hybridized carbons (Fsp3) is 0.179. The summed E-state index contributed by atoms with van der Waals surface area (Å²) in [5, 5.41) is 12.6. The van der Waals surface area contributed by atoms with Crippen molar-refractivity contribution in [1.82, 2.24) is 9.97 Å². The van der Waals surface area contributed by atoms with Gasteiger partial charge in [-0.1, -0.05) is 18.2 Å². The molecular weight excluding hydrogens is 440 g/mol. The van der Waals surface area contributed by atoms with Crippen molar-refractivity contribution < 1.29 is 14.3 Å². The molecule has 2 N–H and O–H groups in total. The summed E-state index contributed by atoms with van der Waals surface area (Å²) in [4.78, 5) is 20.1. The van der Waals surface area contributed by atoms with Gasteiger partial charge in [0.2, 0.25) is 0 Å². The number of amides is 1. The lowest BCUT2D eigenvalue weighted by Gasteiger charge is -2.12. The molecule has 0 atom stereocenters. The van der Waals surface area contributed by atoms with Crippen LogP contribution in [0.5, 0.6) is 11.5 Å². The van der Waals surface area contributed by atoms with Crippen molar-refractivity contribution in [3.63, 3.8) is 0 Å². The standard InChI is InChI=1S/C28H26N4O3/c1-17-6-5-7-22(10-17)30-27(33)16-35-25-9-8-20(14-26(25)34-4)13-21(15-29)28-31-23-11-18(2)19(3)12-24(23)32-28/h5-14H,16H2,1-4H3,(H,30,33)(H,31,32)/b21-13+. The summed E-state index contributed by atoms with van der Waals surface area (Å²) in [6.45, 7) is 5.87. The number of hydrogen-bond acceptors (Lipinski definition) is 5. The summed E-state index contributed by atoms with van der Waals surface area (Å²) < 4.78 is 11.1. The van der Waals surface area contributed by atoms with Crippen molar-refractivity contribution in [2.75, 3.05) is 19.0 Å². The first-order chi connectivity index (χ1) is 16.9. The van der Waals surface area contributed by atoms with Crippen LogP contribution in [0.4, 0.5) is 5.69 Å². The summed E-state index contributed by atoms with van der Waals surface area (Å²) in [6.07, 6.45) is 1.73. The van der Waals surface area contributed by atoms with Gasteiger partial charge >= 0.3 is 0 Å². The lowest BCUT2D eigenvalue weighted by molar-refractivity contribution is -0.118. The minimum Gasteiger partial charge on any atom is -0.493 e. The van der Waals surface area contributed by atoms with Gasteiger partial charge in [0.15, 0.2) is 18.1 Å². The molecule has 1 amide bonds. The Morgan fingerprint density at radius 3 is 2.63 bits per heavy atom. The van der Waals surface area contributed by atoms with Gasteiger partial charge in [0.1, 0.15) is 11.9 Å². The average molecular weight is 467 g/mol. The molecule has 0 aliphatic carbocycles. The van der Waals surface area contributed by atoms with Crippen LogP contribution in [-0.4, -0.2) is 29.6 Å². The van der Waals surface area contributed by atoms with E-state index in [2.05, 4.69) is 21.4 Å². The molecule has 1 heterocycles. The van der Waals surface area contributed by atoms with E-state index in [1.165, 1.54) is 7.11 Å². The Balaban J connectivity index is 1.51. The van der Waals surface area contributed by atoms with Gasteiger partial charge in [-0.2, -0.15) is 5.26 Å². The average Bonchev–Trinajstić information content (AvgIpc) is 3.24. The number of benzene rings is 3. The molecule has 7 nitrogen and oxygen atoms in total. The molecule has 176 valence electrons.